The van der Waals surface area contributed by atoms with Gasteiger partial charge in [0, 0.05) is 24.5 Å². The lowest BCUT2D eigenvalue weighted by Crippen LogP contribution is -2.36. The van der Waals surface area contributed by atoms with E-state index >= 15 is 0 Å². The van der Waals surface area contributed by atoms with E-state index in [1.54, 1.807) is 0 Å². The van der Waals surface area contributed by atoms with Crippen LogP contribution in [0.25, 0.3) is 0 Å². The van der Waals surface area contributed by atoms with Crippen LogP contribution in [0.2, 0.25) is 0 Å². The summed E-state index contributed by atoms with van der Waals surface area (Å²) in [5.41, 5.74) is 1.17. The van der Waals surface area contributed by atoms with Crippen LogP contribution in [0, 0.1) is 0 Å². The van der Waals surface area contributed by atoms with Crippen LogP contribution >= 0.6 is 0 Å². The average Bonchev–Trinajstić information content (AvgIpc) is 2.44. The largest absolute Gasteiger partial charge is 0.338 e. The van der Waals surface area contributed by atoms with Gasteiger partial charge in [0.2, 0.25) is 5.95 Å². The van der Waals surface area contributed by atoms with Crippen molar-refractivity contribution in [3.8, 4) is 0 Å². The van der Waals surface area contributed by atoms with E-state index in [1.165, 1.54) is 18.5 Å². The van der Waals surface area contributed by atoms with Crippen molar-refractivity contribution >= 4 is 5.95 Å². The number of aryl methyl sites for hydroxylation is 1. The van der Waals surface area contributed by atoms with Crippen molar-refractivity contribution in [3.63, 3.8) is 0 Å². The molecule has 0 N–H and O–H groups in total. The van der Waals surface area contributed by atoms with Crippen LogP contribution < -0.4 is 4.90 Å². The predicted molar refractivity (Wildman–Crippen MR) is 82.7 cm³/mol. The molecule has 1 aromatic rings. The molecule has 0 atom stereocenters. The SMILES string of the molecule is CCCCN(c1nccc(CCC)n1)C(CC)CC. The molecule has 19 heavy (non-hydrogen) atoms. The summed E-state index contributed by atoms with van der Waals surface area (Å²) >= 11 is 0. The fourth-order valence-corrected chi connectivity index (χ4v) is 2.42. The molecule has 0 aromatic carbocycles. The number of aromatic nitrogens is 2. The summed E-state index contributed by atoms with van der Waals surface area (Å²) < 4.78 is 0. The third kappa shape index (κ3) is 4.81. The highest BCUT2D eigenvalue weighted by Crippen LogP contribution is 2.17. The normalized spacial score (nSPS) is 11.0. The van der Waals surface area contributed by atoms with Crippen LogP contribution in [-0.2, 0) is 6.42 Å². The van der Waals surface area contributed by atoms with Crippen LogP contribution in [0.3, 0.4) is 0 Å². The van der Waals surface area contributed by atoms with Gasteiger partial charge in [-0.25, -0.2) is 9.97 Å². The van der Waals surface area contributed by atoms with Gasteiger partial charge in [-0.1, -0.05) is 40.5 Å². The first-order chi connectivity index (χ1) is 9.26. The van der Waals surface area contributed by atoms with E-state index < -0.39 is 0 Å². The molecule has 0 unspecified atom stereocenters. The molecule has 0 spiro atoms. The Labute approximate surface area is 118 Å². The first-order valence-corrected chi connectivity index (χ1v) is 7.85. The molecule has 0 radical (unpaired) electrons. The summed E-state index contributed by atoms with van der Waals surface area (Å²) in [6.45, 7) is 10.0. The van der Waals surface area contributed by atoms with Crippen molar-refractivity contribution in [1.82, 2.24) is 9.97 Å². The topological polar surface area (TPSA) is 29.0 Å². The Morgan fingerprint density at radius 1 is 1.11 bits per heavy atom. The van der Waals surface area contributed by atoms with Gasteiger partial charge < -0.3 is 4.90 Å². The van der Waals surface area contributed by atoms with Gasteiger partial charge in [-0.2, -0.15) is 0 Å². The van der Waals surface area contributed by atoms with Crippen LogP contribution in [0.4, 0.5) is 5.95 Å². The minimum absolute atomic E-state index is 0.559. The van der Waals surface area contributed by atoms with Gasteiger partial charge in [0.05, 0.1) is 0 Å². The lowest BCUT2D eigenvalue weighted by molar-refractivity contribution is 0.533. The predicted octanol–water partition coefficient (Wildman–Crippen LogP) is 4.22. The van der Waals surface area contributed by atoms with Crippen molar-refractivity contribution in [2.45, 2.75) is 72.3 Å². The molecule has 3 nitrogen and oxygen atoms in total. The molecule has 0 aliphatic heterocycles. The molecule has 0 amide bonds. The molecule has 0 fully saturated rings. The number of hydrogen-bond acceptors (Lipinski definition) is 3. The van der Waals surface area contributed by atoms with Gasteiger partial charge in [-0.3, -0.25) is 0 Å². The van der Waals surface area contributed by atoms with Crippen LogP contribution in [0.1, 0.15) is 65.5 Å². The summed E-state index contributed by atoms with van der Waals surface area (Å²) in [5, 5.41) is 0. The maximum atomic E-state index is 4.75. The van der Waals surface area contributed by atoms with Crippen molar-refractivity contribution in [2.24, 2.45) is 0 Å². The Balaban J connectivity index is 2.91. The van der Waals surface area contributed by atoms with Crippen LogP contribution in [-0.4, -0.2) is 22.6 Å². The Morgan fingerprint density at radius 2 is 1.84 bits per heavy atom. The average molecular weight is 263 g/mol. The Hall–Kier alpha value is -1.12. The summed E-state index contributed by atoms with van der Waals surface area (Å²) in [7, 11) is 0. The van der Waals surface area contributed by atoms with E-state index in [9.17, 15) is 0 Å². The summed E-state index contributed by atoms with van der Waals surface area (Å²) in [5.74, 6) is 0.924. The lowest BCUT2D eigenvalue weighted by Gasteiger charge is -2.30. The second-order valence-electron chi connectivity index (χ2n) is 5.12. The fraction of sp³-hybridized carbons (Fsp3) is 0.750. The van der Waals surface area contributed by atoms with Crippen molar-refractivity contribution in [3.05, 3.63) is 18.0 Å². The molecule has 0 aliphatic carbocycles. The first-order valence-electron chi connectivity index (χ1n) is 7.85. The Morgan fingerprint density at radius 3 is 2.42 bits per heavy atom. The molecule has 0 bridgehead atoms. The van der Waals surface area contributed by atoms with Crippen LogP contribution in [0.5, 0.6) is 0 Å². The molecule has 1 heterocycles. The van der Waals surface area contributed by atoms with Gasteiger partial charge >= 0.3 is 0 Å². The lowest BCUT2D eigenvalue weighted by atomic mass is 10.1. The van der Waals surface area contributed by atoms with Crippen molar-refractivity contribution in [2.75, 3.05) is 11.4 Å². The molecule has 108 valence electrons. The quantitative estimate of drug-likeness (QED) is 0.668. The number of rotatable bonds is 9. The first kappa shape index (κ1) is 15.9. The molecule has 1 aromatic heterocycles. The second-order valence-corrected chi connectivity index (χ2v) is 5.12. The van der Waals surface area contributed by atoms with Gasteiger partial charge in [-0.15, -0.1) is 0 Å². The number of unbranched alkanes of at least 4 members (excludes halogenated alkanes) is 1. The Kier molecular flexibility index (Phi) is 7.46. The third-order valence-electron chi connectivity index (χ3n) is 3.60. The van der Waals surface area contributed by atoms with Gasteiger partial charge in [0.1, 0.15) is 0 Å². The van der Waals surface area contributed by atoms with E-state index in [0.29, 0.717) is 6.04 Å². The molecule has 0 aliphatic rings. The maximum Gasteiger partial charge on any atom is 0.225 e. The summed E-state index contributed by atoms with van der Waals surface area (Å²) in [6, 6.07) is 2.60. The maximum absolute atomic E-state index is 4.75. The summed E-state index contributed by atoms with van der Waals surface area (Å²) in [6.07, 6.45) is 8.82. The minimum Gasteiger partial charge on any atom is -0.338 e. The number of anilines is 1. The van der Waals surface area contributed by atoms with Crippen molar-refractivity contribution in [1.29, 1.82) is 0 Å². The van der Waals surface area contributed by atoms with Gasteiger partial charge in [0.25, 0.3) is 0 Å². The third-order valence-corrected chi connectivity index (χ3v) is 3.60. The zero-order valence-corrected chi connectivity index (χ0v) is 13.0. The highest BCUT2D eigenvalue weighted by Gasteiger charge is 2.17. The monoisotopic (exact) mass is 263 g/mol. The molecular formula is C16H29N3. The zero-order valence-electron chi connectivity index (χ0n) is 13.0. The Bertz CT molecular complexity index is 348. The standard InChI is InChI=1S/C16H29N3/c1-5-9-13-19(15(7-3)8-4)16-17-12-11-14(18-16)10-6-2/h11-12,15H,5-10,13H2,1-4H3. The van der Waals surface area contributed by atoms with E-state index in [4.69, 9.17) is 4.98 Å². The number of hydrogen-bond donors (Lipinski definition) is 0. The molecule has 0 saturated heterocycles. The number of nitrogens with zero attached hydrogens (tertiary/aromatic N) is 3. The second kappa shape index (κ2) is 8.89. The molecule has 1 rings (SSSR count). The molecule has 0 saturated carbocycles. The fourth-order valence-electron chi connectivity index (χ4n) is 2.42. The highest BCUT2D eigenvalue weighted by atomic mass is 15.3. The zero-order chi connectivity index (χ0) is 14.1. The highest BCUT2D eigenvalue weighted by molar-refractivity contribution is 5.32. The van der Waals surface area contributed by atoms with Crippen molar-refractivity contribution < 1.29 is 0 Å². The van der Waals surface area contributed by atoms with E-state index in [1.807, 2.05) is 12.3 Å². The minimum atomic E-state index is 0.559. The molecule has 3 heteroatoms. The van der Waals surface area contributed by atoms with Crippen LogP contribution in [0.15, 0.2) is 12.3 Å². The van der Waals surface area contributed by atoms with E-state index in [2.05, 4.69) is 37.6 Å². The molecular weight excluding hydrogens is 234 g/mol. The van der Waals surface area contributed by atoms with E-state index in [-0.39, 0.29) is 0 Å². The van der Waals surface area contributed by atoms with E-state index in [0.717, 1.165) is 38.2 Å². The smallest absolute Gasteiger partial charge is 0.225 e. The summed E-state index contributed by atoms with van der Waals surface area (Å²) in [4.78, 5) is 11.7. The van der Waals surface area contributed by atoms with Gasteiger partial charge in [0.15, 0.2) is 0 Å². The van der Waals surface area contributed by atoms with Gasteiger partial charge in [-0.05, 0) is 31.7 Å².